The molecule has 3 aliphatic rings. The van der Waals surface area contributed by atoms with Crippen LogP contribution in [0.2, 0.25) is 0 Å². The summed E-state index contributed by atoms with van der Waals surface area (Å²) in [4.78, 5) is 2.55. The molecule has 8 rings (SSSR count). The molecule has 2 heterocycles. The van der Waals surface area contributed by atoms with Crippen LogP contribution in [0, 0.1) is 22.2 Å². The third-order valence-electron chi connectivity index (χ3n) is 16.0. The van der Waals surface area contributed by atoms with Gasteiger partial charge in [-0.15, -0.1) is 11.3 Å². The Morgan fingerprint density at radius 3 is 2.27 bits per heavy atom. The zero-order valence-electron chi connectivity index (χ0n) is 43.7. The second kappa shape index (κ2) is 18.8. The molecule has 1 N–H and O–H groups in total. The minimum Gasteiger partial charge on any atom is -0.454 e. The normalized spacial score (nSPS) is 20.9. The topological polar surface area (TPSA) is 28.4 Å². The van der Waals surface area contributed by atoms with Gasteiger partial charge in [0.15, 0.2) is 12.7 Å². The van der Waals surface area contributed by atoms with Crippen LogP contribution in [0.4, 0.5) is 11.4 Å². The maximum atomic E-state index is 6.94. The summed E-state index contributed by atoms with van der Waals surface area (Å²) in [6.45, 7) is 33.8. The number of hydrogen-bond acceptors (Lipinski definition) is 4. The van der Waals surface area contributed by atoms with Crippen molar-refractivity contribution < 1.29 is 4.42 Å². The summed E-state index contributed by atoms with van der Waals surface area (Å²) in [7, 11) is 2.52. The first-order valence-electron chi connectivity index (χ1n) is 25.6. The van der Waals surface area contributed by atoms with E-state index in [9.17, 15) is 0 Å². The Bertz CT molecular complexity index is 2900. The fourth-order valence-electron chi connectivity index (χ4n) is 10.7. The Balaban J connectivity index is 1.35. The molecule has 2 aromatic heterocycles. The molecule has 0 aliphatic heterocycles. The molecule has 67 heavy (non-hydrogen) atoms. The van der Waals surface area contributed by atoms with Gasteiger partial charge in [0.05, 0.1) is 5.70 Å². The molecular formula is C62H80BN2OS. The number of nitrogens with zero attached hydrogens (tertiary/aromatic N) is 1. The van der Waals surface area contributed by atoms with Crippen LogP contribution < -0.4 is 26.3 Å². The van der Waals surface area contributed by atoms with E-state index < -0.39 is 0 Å². The van der Waals surface area contributed by atoms with Gasteiger partial charge < -0.3 is 14.6 Å². The van der Waals surface area contributed by atoms with Crippen molar-refractivity contribution in [3.8, 4) is 0 Å². The summed E-state index contributed by atoms with van der Waals surface area (Å²) < 4.78 is 8.32. The Hall–Kier alpha value is -4.48. The number of hydrogen-bond donors (Lipinski definition) is 1. The summed E-state index contributed by atoms with van der Waals surface area (Å²) in [6.07, 6.45) is 23.0. The minimum atomic E-state index is 0.0308. The first kappa shape index (κ1) is 49.0. The zero-order chi connectivity index (χ0) is 48.1. The predicted molar refractivity (Wildman–Crippen MR) is 295 cm³/mol. The average Bonchev–Trinajstić information content (AvgIpc) is 3.86. The smallest absolute Gasteiger partial charge is 0.195 e. The van der Waals surface area contributed by atoms with Gasteiger partial charge >= 0.3 is 0 Å². The van der Waals surface area contributed by atoms with Gasteiger partial charge in [0.1, 0.15) is 5.58 Å². The monoisotopic (exact) mass is 912 g/mol. The van der Waals surface area contributed by atoms with Crippen LogP contribution in [-0.4, -0.2) is 7.28 Å². The molecule has 5 aromatic rings. The molecule has 5 heteroatoms. The molecule has 0 fully saturated rings. The number of furan rings is 1. The van der Waals surface area contributed by atoms with Crippen molar-refractivity contribution in [3.63, 3.8) is 0 Å². The summed E-state index contributed by atoms with van der Waals surface area (Å²) in [5, 5.41) is 10.1. The lowest BCUT2D eigenvalue weighted by Crippen LogP contribution is -2.35. The van der Waals surface area contributed by atoms with Crippen molar-refractivity contribution in [1.29, 1.82) is 0 Å². The van der Waals surface area contributed by atoms with Crippen molar-refractivity contribution in [1.82, 2.24) is 0 Å². The molecule has 0 amide bonds. The first-order valence-corrected chi connectivity index (χ1v) is 26.5. The molecule has 1 radical (unpaired) electrons. The van der Waals surface area contributed by atoms with E-state index in [2.05, 4.69) is 211 Å². The number of benzene rings is 3. The fraction of sp³-hybridized carbons (Fsp3) is 0.484. The van der Waals surface area contributed by atoms with E-state index in [0.29, 0.717) is 5.92 Å². The van der Waals surface area contributed by atoms with E-state index in [1.165, 1.54) is 85.4 Å². The molecule has 3 aromatic carbocycles. The second-order valence-corrected chi connectivity index (χ2v) is 25.3. The van der Waals surface area contributed by atoms with E-state index in [1.54, 1.807) is 0 Å². The van der Waals surface area contributed by atoms with Gasteiger partial charge in [0, 0.05) is 38.1 Å². The van der Waals surface area contributed by atoms with Crippen LogP contribution in [0.3, 0.4) is 0 Å². The molecule has 0 saturated heterocycles. The van der Waals surface area contributed by atoms with Crippen LogP contribution in [0.1, 0.15) is 172 Å². The van der Waals surface area contributed by atoms with E-state index in [1.807, 2.05) is 11.3 Å². The van der Waals surface area contributed by atoms with E-state index in [4.69, 9.17) is 4.42 Å². The Morgan fingerprint density at radius 2 is 1.55 bits per heavy atom. The minimum absolute atomic E-state index is 0.0308. The Kier molecular flexibility index (Phi) is 13.7. The molecule has 0 bridgehead atoms. The molecule has 0 atom stereocenters. The highest BCUT2D eigenvalue weighted by atomic mass is 32.1. The lowest BCUT2D eigenvalue weighted by molar-refractivity contribution is 0.241. The predicted octanol–water partition coefficient (Wildman–Crippen LogP) is 16.3. The highest BCUT2D eigenvalue weighted by Gasteiger charge is 2.38. The zero-order valence-corrected chi connectivity index (χ0v) is 44.5. The number of para-hydroxylation sites is 1. The third kappa shape index (κ3) is 10.6. The summed E-state index contributed by atoms with van der Waals surface area (Å²) in [6, 6.07) is 22.8. The molecule has 0 spiro atoms. The van der Waals surface area contributed by atoms with Gasteiger partial charge in [-0.3, -0.25) is 0 Å². The number of allylic oxidation sites excluding steroid dienone is 7. The van der Waals surface area contributed by atoms with Gasteiger partial charge in [-0.25, -0.2) is 0 Å². The van der Waals surface area contributed by atoms with Crippen LogP contribution in [0.5, 0.6) is 0 Å². The quantitative estimate of drug-likeness (QED) is 0.0999. The number of fused-ring (bicyclic) bond motifs is 5. The first-order chi connectivity index (χ1) is 31.6. The van der Waals surface area contributed by atoms with Crippen LogP contribution in [0.25, 0.3) is 32.8 Å². The highest BCUT2D eigenvalue weighted by molar-refractivity contribution is 7.18. The molecule has 3 nitrogen and oxygen atoms in total. The number of nitrogens with one attached hydrogen (secondary N) is 1. The van der Waals surface area contributed by atoms with E-state index in [0.717, 1.165) is 66.6 Å². The molecule has 0 saturated carbocycles. The van der Waals surface area contributed by atoms with Gasteiger partial charge in [0.2, 0.25) is 0 Å². The maximum Gasteiger partial charge on any atom is 0.195 e. The van der Waals surface area contributed by atoms with Crippen molar-refractivity contribution in [3.05, 3.63) is 135 Å². The standard InChI is InChI=1S/C62H80BN2OS/c1-15-60(9,10)43(35-41(2)3)36-52(63-53-40-67-56-39-51-50(38-49(53)56)61(11,12)33-34-62(51,13)14)42(4)65(54-26-19-25-48-47-24-16-17-27-55(47)66-57(48)54)46-23-18-21-45(37-46)64-44-22-20-29-58(5,6)31-32-59(7,8)30-28-44/h16-18,20-25,27-28,36-41,64H,15,19,26,29-35H2,1-14H3/b22-20-,43-36+,44-28+,52-42-. The van der Waals surface area contributed by atoms with E-state index >= 15 is 0 Å². The van der Waals surface area contributed by atoms with Crippen LogP contribution in [-0.2, 0) is 10.8 Å². The Morgan fingerprint density at radius 1 is 0.851 bits per heavy atom. The van der Waals surface area contributed by atoms with Crippen molar-refractivity contribution in [2.24, 2.45) is 22.2 Å². The molecule has 3 aliphatic carbocycles. The maximum absolute atomic E-state index is 6.94. The number of anilines is 2. The van der Waals surface area contributed by atoms with Gasteiger partial charge in [-0.2, -0.15) is 0 Å². The SMILES string of the molecule is CCC(C)(C)/C(=C/C([B]c1csc2cc3c(cc12)C(C)(C)CCC3(C)C)=C(\C)N(C1=c2oc3ccccc3c2=CCC1)c1cccc(NC2=C/CC(C)(C)CCC(C)(C)C/C=C\2)c1)CC(C)C. The van der Waals surface area contributed by atoms with Crippen LogP contribution >= 0.6 is 11.3 Å². The summed E-state index contributed by atoms with van der Waals surface area (Å²) in [5.74, 6) is 0.528. The third-order valence-corrected chi connectivity index (χ3v) is 16.9. The summed E-state index contributed by atoms with van der Waals surface area (Å²) >= 11 is 1.90. The lowest BCUT2D eigenvalue weighted by atomic mass is 9.59. The molecule has 353 valence electrons. The van der Waals surface area contributed by atoms with Crippen molar-refractivity contribution in [2.75, 3.05) is 10.2 Å². The fourth-order valence-corrected chi connectivity index (χ4v) is 11.6. The molecule has 0 unspecified atom stereocenters. The average molecular weight is 912 g/mol. The second-order valence-electron chi connectivity index (χ2n) is 24.4. The van der Waals surface area contributed by atoms with Gasteiger partial charge in [-0.05, 0) is 162 Å². The van der Waals surface area contributed by atoms with Gasteiger partial charge in [0.25, 0.3) is 0 Å². The largest absolute Gasteiger partial charge is 0.454 e. The van der Waals surface area contributed by atoms with E-state index in [-0.39, 0.29) is 27.1 Å². The number of rotatable bonds is 12. The lowest BCUT2D eigenvalue weighted by Gasteiger charge is -2.42. The van der Waals surface area contributed by atoms with Gasteiger partial charge in [-0.1, -0.05) is 161 Å². The Labute approximate surface area is 409 Å². The van der Waals surface area contributed by atoms with Crippen molar-refractivity contribution in [2.45, 2.75) is 172 Å². The van der Waals surface area contributed by atoms with Crippen molar-refractivity contribution >= 4 is 68.3 Å². The summed E-state index contributed by atoms with van der Waals surface area (Å²) in [5.41, 5.74) is 15.6. The number of thiophene rings is 1. The highest BCUT2D eigenvalue weighted by Crippen LogP contribution is 2.48. The molecular weight excluding hydrogens is 832 g/mol. The van der Waals surface area contributed by atoms with Crippen LogP contribution in [0.15, 0.2) is 117 Å².